The summed E-state index contributed by atoms with van der Waals surface area (Å²) >= 11 is 0. The number of nitrogens with one attached hydrogen (secondary N) is 13. The van der Waals surface area contributed by atoms with E-state index in [2.05, 4.69) is 79.1 Å². The Kier molecular flexibility index (Phi) is 39.1. The number of nitrogens with zero attached hydrogens (tertiary/aromatic N) is 4. The average Bonchev–Trinajstić information content (AvgIpc) is 1.82. The molecule has 2 aliphatic rings. The van der Waals surface area contributed by atoms with Crippen LogP contribution >= 0.6 is 0 Å². The highest BCUT2D eigenvalue weighted by Gasteiger charge is 2.36. The third kappa shape index (κ3) is 36.6. The third-order valence-electron chi connectivity index (χ3n) is 16.3. The van der Waals surface area contributed by atoms with Gasteiger partial charge in [0.2, 0.25) is 70.9 Å². The molecule has 2 aliphatic heterocycles. The van der Waals surface area contributed by atoms with Crippen molar-refractivity contribution in [3.63, 3.8) is 0 Å². The van der Waals surface area contributed by atoms with Gasteiger partial charge in [-0.05, 0) is 75.3 Å². The number of aliphatic carboxylic acids is 4. The molecule has 2 fully saturated rings. The van der Waals surface area contributed by atoms with Crippen molar-refractivity contribution >= 4 is 107 Å². The van der Waals surface area contributed by atoms with Gasteiger partial charge < -0.3 is 112 Å². The maximum Gasteiger partial charge on any atom is 0.317 e. The Labute approximate surface area is 615 Å². The van der Waals surface area contributed by atoms with Gasteiger partial charge in [-0.2, -0.15) is 0 Å². The fourth-order valence-corrected chi connectivity index (χ4v) is 11.0. The number of amides is 12. The Morgan fingerprint density at radius 1 is 0.383 bits per heavy atom. The average molecular weight is 1510 g/mol. The Bertz CT molecular complexity index is 3220. The molecular weight excluding hydrogens is 1410 g/mol. The minimum atomic E-state index is -1.69. The monoisotopic (exact) mass is 1510 g/mol. The molecule has 41 heteroatoms. The van der Waals surface area contributed by atoms with Crippen molar-refractivity contribution in [2.45, 2.75) is 138 Å². The van der Waals surface area contributed by atoms with E-state index in [0.29, 0.717) is 11.1 Å². The number of aliphatic imine (C=N–C) groups is 2. The first-order valence-corrected chi connectivity index (χ1v) is 34.7. The van der Waals surface area contributed by atoms with Crippen LogP contribution < -0.4 is 92.1 Å². The van der Waals surface area contributed by atoms with Gasteiger partial charge in [0.05, 0.1) is 52.1 Å². The fourth-order valence-electron chi connectivity index (χ4n) is 11.0. The summed E-state index contributed by atoms with van der Waals surface area (Å²) in [7, 11) is 0. The van der Waals surface area contributed by atoms with Gasteiger partial charge in [0.15, 0.2) is 11.9 Å². The van der Waals surface area contributed by atoms with Gasteiger partial charge >= 0.3 is 23.9 Å². The van der Waals surface area contributed by atoms with Crippen LogP contribution in [0, 0.1) is 0 Å². The van der Waals surface area contributed by atoms with Gasteiger partial charge in [-0.25, -0.2) is 0 Å². The van der Waals surface area contributed by atoms with Crippen molar-refractivity contribution in [2.75, 3.05) is 91.6 Å². The first-order valence-electron chi connectivity index (χ1n) is 34.7. The number of benzene rings is 2. The minimum absolute atomic E-state index is 0.000598. The van der Waals surface area contributed by atoms with Gasteiger partial charge in [0.1, 0.15) is 48.3 Å². The molecule has 2 aromatic rings. The zero-order valence-corrected chi connectivity index (χ0v) is 59.1. The van der Waals surface area contributed by atoms with E-state index in [4.69, 9.17) is 22.9 Å². The summed E-state index contributed by atoms with van der Waals surface area (Å²) < 4.78 is 0. The molecule has 107 heavy (non-hydrogen) atoms. The predicted molar refractivity (Wildman–Crippen MR) is 381 cm³/mol. The van der Waals surface area contributed by atoms with Crippen molar-refractivity contribution in [2.24, 2.45) is 32.9 Å². The lowest BCUT2D eigenvalue weighted by Gasteiger charge is -2.26. The molecule has 8 atom stereocenters. The second-order valence-corrected chi connectivity index (χ2v) is 25.2. The van der Waals surface area contributed by atoms with Crippen molar-refractivity contribution < 1.29 is 97.1 Å². The molecule has 0 saturated carbocycles. The van der Waals surface area contributed by atoms with Crippen LogP contribution in [0.3, 0.4) is 0 Å². The largest absolute Gasteiger partial charge is 0.481 e. The number of nitrogens with two attached hydrogens (primary N) is 4. The van der Waals surface area contributed by atoms with Gasteiger partial charge in [-0.1, -0.05) is 60.7 Å². The first kappa shape index (κ1) is 87.8. The van der Waals surface area contributed by atoms with Crippen LogP contribution in [-0.4, -0.2) is 277 Å². The predicted octanol–water partition coefficient (Wildman–Crippen LogP) is -8.40. The highest BCUT2D eigenvalue weighted by Crippen LogP contribution is 2.13. The number of carbonyl (C=O) groups excluding carboxylic acids is 12. The number of hydrogen-bond donors (Lipinski definition) is 21. The van der Waals surface area contributed by atoms with E-state index in [9.17, 15) is 97.1 Å². The second kappa shape index (κ2) is 47.7. The van der Waals surface area contributed by atoms with Crippen LogP contribution in [0.5, 0.6) is 0 Å². The number of unbranched alkanes of at least 4 members (excludes halogenated alkanes) is 2. The van der Waals surface area contributed by atoms with Crippen molar-refractivity contribution in [3.05, 3.63) is 71.8 Å². The van der Waals surface area contributed by atoms with E-state index in [1.807, 2.05) is 0 Å². The molecule has 2 saturated heterocycles. The topological polar surface area (TPSA) is 646 Å². The number of hydrogen-bond acceptors (Lipinski definition) is 21. The number of guanidine groups is 2. The first-order chi connectivity index (χ1) is 50.9. The molecule has 0 radical (unpaired) electrons. The molecule has 588 valence electrons. The molecule has 4 rings (SSSR count). The third-order valence-corrected chi connectivity index (χ3v) is 16.3. The molecule has 2 heterocycles. The molecule has 0 bridgehead atoms. The van der Waals surface area contributed by atoms with E-state index in [0.717, 1.165) is 0 Å². The maximum absolute atomic E-state index is 14.2. The molecule has 25 N–H and O–H groups in total. The van der Waals surface area contributed by atoms with Crippen LogP contribution in [0.25, 0.3) is 0 Å². The van der Waals surface area contributed by atoms with Crippen LogP contribution in [0.1, 0.15) is 88.2 Å². The summed E-state index contributed by atoms with van der Waals surface area (Å²) in [5.74, 6) is -16.2. The van der Waals surface area contributed by atoms with E-state index >= 15 is 0 Å². The molecule has 41 nitrogen and oxygen atoms in total. The lowest BCUT2D eigenvalue weighted by Crippen LogP contribution is -2.58. The lowest BCUT2D eigenvalue weighted by atomic mass is 10.0. The van der Waals surface area contributed by atoms with Crippen molar-refractivity contribution in [1.82, 2.24) is 78.9 Å². The maximum atomic E-state index is 14.2. The number of rotatable bonds is 40. The summed E-state index contributed by atoms with van der Waals surface area (Å²) in [5.41, 5.74) is 22.9. The van der Waals surface area contributed by atoms with Crippen molar-refractivity contribution in [1.29, 1.82) is 0 Å². The van der Waals surface area contributed by atoms with Crippen LogP contribution in [-0.2, 0) is 89.6 Å². The summed E-state index contributed by atoms with van der Waals surface area (Å²) in [4.78, 5) is 221. The Balaban J connectivity index is 1.36. The number of carboxylic acids is 4. The summed E-state index contributed by atoms with van der Waals surface area (Å²) in [5, 5.41) is 71.9. The fraction of sp³-hybridized carbons (Fsp3) is 0.545. The van der Waals surface area contributed by atoms with E-state index in [1.165, 1.54) is 9.80 Å². The van der Waals surface area contributed by atoms with Gasteiger partial charge in [0.25, 0.3) is 0 Å². The van der Waals surface area contributed by atoms with E-state index in [1.54, 1.807) is 60.7 Å². The van der Waals surface area contributed by atoms with Gasteiger partial charge in [-0.15, -0.1) is 0 Å². The molecule has 0 aliphatic carbocycles. The van der Waals surface area contributed by atoms with Crippen LogP contribution in [0.4, 0.5) is 0 Å². The zero-order chi connectivity index (χ0) is 78.8. The molecule has 0 spiro atoms. The zero-order valence-electron chi connectivity index (χ0n) is 59.1. The highest BCUT2D eigenvalue weighted by molar-refractivity contribution is 6.00. The standard InChI is InChI=1S/C66H99N21O20/c67-65(68)74-23-11-19-41-57(100)76-33-49(88)78-47(31-53(92)93)63(106)84-45(29-39-13-3-1-4-14-39)61(104)82-43(59(102)80-41)17-7-9-21-72-51(90)35-86(37-55(96)97)27-25-71-26-28-87(38-56(98)99)36-52(91)73-22-10-8-18-44-60(103)81-42(20-12-24-75-66(69)70)58(101)77-34-50(89)79-48(32-54(94)95)64(107)85-46(62(105)83-44)30-40-15-5-2-6-16-40/h1-6,13-16,41-48,71H,7-12,17-38H2,(H,72,90)(H,73,91)(H,76,100)(H,77,101)(H,78,88)(H,79,89)(H,80,102)(H,81,103)(H,82,104)(H,83,105)(H,84,106)(H,85,107)(H,92,93)(H,94,95)(H,96,97)(H,98,99)(H4,67,68,74)(H4,69,70,75)/t41-,42-,43-,44-,45+,46+,47-,48?/m0/s1. The summed E-state index contributed by atoms with van der Waals surface area (Å²) in [6, 6.07) is 5.13. The van der Waals surface area contributed by atoms with Crippen LogP contribution in [0.2, 0.25) is 0 Å². The van der Waals surface area contributed by atoms with Crippen LogP contribution in [0.15, 0.2) is 70.6 Å². The second-order valence-electron chi connectivity index (χ2n) is 25.2. The minimum Gasteiger partial charge on any atom is -0.481 e. The number of carbonyl (C=O) groups is 16. The Hall–Kier alpha value is -11.6. The summed E-state index contributed by atoms with van der Waals surface area (Å²) in [6.45, 7) is -3.11. The van der Waals surface area contributed by atoms with E-state index in [-0.39, 0.29) is 141 Å². The summed E-state index contributed by atoms with van der Waals surface area (Å²) in [6.07, 6.45) is -1.41. The Morgan fingerprint density at radius 2 is 0.701 bits per heavy atom. The molecule has 0 aromatic heterocycles. The normalized spacial score (nSPS) is 20.1. The smallest absolute Gasteiger partial charge is 0.317 e. The quantitative estimate of drug-likeness (QED) is 0.0167. The molecule has 1 unspecified atom stereocenters. The van der Waals surface area contributed by atoms with Crippen molar-refractivity contribution in [3.8, 4) is 0 Å². The highest BCUT2D eigenvalue weighted by atomic mass is 16.4. The number of carboxylic acid groups (broad SMARTS) is 4. The SMILES string of the molecule is NC(N)=NCCC[C@@H]1NC(=O)[C@H](CCCCNC(=O)CN(CCNCCN(CC(=O)O)CC(=O)NCCCC[C@@H]2NC(=O)[C@@H](Cc3ccccc3)NC(=O)[C@H](CC(=O)O)NC(=O)CNC(=O)[C@H](CCCN=C(N)N)NC2=O)CC(=O)O)NC(=O)[C@@H](Cc2ccccc2)NC(=O)C(CC(=O)O)NC(=O)CNC1=O. The van der Waals surface area contributed by atoms with E-state index < -0.39 is 195 Å². The molecular formula is C66H99N21O20. The molecule has 2 aromatic carbocycles. The molecule has 12 amide bonds. The lowest BCUT2D eigenvalue weighted by molar-refractivity contribution is -0.141. The Morgan fingerprint density at radius 3 is 1.04 bits per heavy atom. The van der Waals surface area contributed by atoms with Gasteiger partial charge in [0, 0.05) is 65.2 Å². The van der Waals surface area contributed by atoms with Gasteiger partial charge in [-0.3, -0.25) is 96.5 Å².